The highest BCUT2D eigenvalue weighted by molar-refractivity contribution is 6.08. The van der Waals surface area contributed by atoms with E-state index in [0.717, 1.165) is 45.9 Å². The normalized spacial score (nSPS) is 14.2. The fourth-order valence-electron chi connectivity index (χ4n) is 3.69. The molecule has 0 saturated heterocycles. The first-order valence-corrected chi connectivity index (χ1v) is 9.56. The van der Waals surface area contributed by atoms with E-state index in [9.17, 15) is 4.79 Å². The number of hydrogen-bond acceptors (Lipinski definition) is 4. The number of aromatic nitrogens is 4. The van der Waals surface area contributed by atoms with E-state index in [0.29, 0.717) is 17.4 Å². The summed E-state index contributed by atoms with van der Waals surface area (Å²) in [4.78, 5) is 24.3. The first-order chi connectivity index (χ1) is 13.5. The van der Waals surface area contributed by atoms with Gasteiger partial charge in [0.1, 0.15) is 17.8 Å². The van der Waals surface area contributed by atoms with E-state index in [4.69, 9.17) is 5.73 Å². The summed E-state index contributed by atoms with van der Waals surface area (Å²) >= 11 is 0. The Labute approximate surface area is 162 Å². The lowest BCUT2D eigenvalue weighted by Gasteiger charge is -2.07. The minimum Gasteiger partial charge on any atom is -0.383 e. The van der Waals surface area contributed by atoms with Crippen molar-refractivity contribution in [2.24, 2.45) is 0 Å². The van der Waals surface area contributed by atoms with Gasteiger partial charge in [-0.15, -0.1) is 0 Å². The predicted octanol–water partition coefficient (Wildman–Crippen LogP) is 3.63. The van der Waals surface area contributed by atoms with Gasteiger partial charge in [-0.1, -0.05) is 12.1 Å². The van der Waals surface area contributed by atoms with Gasteiger partial charge in [-0.25, -0.2) is 9.97 Å². The number of nitrogens with two attached hydrogens (primary N) is 1. The van der Waals surface area contributed by atoms with Gasteiger partial charge in [0.15, 0.2) is 0 Å². The summed E-state index contributed by atoms with van der Waals surface area (Å²) in [5, 5.41) is 4.82. The van der Waals surface area contributed by atoms with E-state index in [2.05, 4.69) is 50.9 Å². The molecule has 4 aromatic rings. The highest BCUT2D eigenvalue weighted by Crippen LogP contribution is 2.35. The zero-order valence-electron chi connectivity index (χ0n) is 15.9. The first kappa shape index (κ1) is 16.8. The van der Waals surface area contributed by atoms with Crippen molar-refractivity contribution in [3.8, 4) is 11.1 Å². The van der Waals surface area contributed by atoms with Crippen molar-refractivity contribution >= 4 is 33.7 Å². The Bertz CT molecular complexity index is 1210. The summed E-state index contributed by atoms with van der Waals surface area (Å²) in [6.07, 6.45) is 7.49. The molecule has 1 aliphatic rings. The summed E-state index contributed by atoms with van der Waals surface area (Å²) in [6, 6.07) is 6.64. The lowest BCUT2D eigenvalue weighted by molar-refractivity contribution is 0.0953. The predicted molar refractivity (Wildman–Crippen MR) is 110 cm³/mol. The second-order valence-corrected chi connectivity index (χ2v) is 7.71. The van der Waals surface area contributed by atoms with Crippen molar-refractivity contribution in [1.29, 1.82) is 0 Å². The van der Waals surface area contributed by atoms with Crippen molar-refractivity contribution in [3.05, 3.63) is 42.5 Å². The van der Waals surface area contributed by atoms with Gasteiger partial charge in [0.05, 0.1) is 10.9 Å². The van der Waals surface area contributed by atoms with Crippen molar-refractivity contribution in [1.82, 2.24) is 24.8 Å². The lowest BCUT2D eigenvalue weighted by atomic mass is 10.0. The standard InChI is InChI=1S/C21H22N6O/c1-11(2)27-9-16(18-19(22)24-10-25-20(18)27)12-3-6-14-15(8-23-17(14)7-12)21(28)26-13-4-5-13/h3,6-11,13,23H,4-5H2,1-2H3,(H,26,28)(H2,22,24,25). The molecule has 0 spiro atoms. The molecular weight excluding hydrogens is 352 g/mol. The number of nitrogens with zero attached hydrogens (tertiary/aromatic N) is 3. The molecule has 3 heterocycles. The summed E-state index contributed by atoms with van der Waals surface area (Å²) in [5.74, 6) is 0.450. The summed E-state index contributed by atoms with van der Waals surface area (Å²) in [6.45, 7) is 4.22. The number of nitrogen functional groups attached to an aromatic ring is 1. The van der Waals surface area contributed by atoms with Crippen LogP contribution in [0.25, 0.3) is 33.1 Å². The Morgan fingerprint density at radius 3 is 2.89 bits per heavy atom. The highest BCUT2D eigenvalue weighted by atomic mass is 16.1. The molecule has 5 rings (SSSR count). The SMILES string of the molecule is CC(C)n1cc(-c2ccc3c(C(=O)NC4CC4)c[nH]c3c2)c2c(N)ncnc21. The minimum atomic E-state index is -0.0180. The van der Waals surface area contributed by atoms with Crippen molar-refractivity contribution < 1.29 is 4.79 Å². The molecule has 1 aliphatic carbocycles. The van der Waals surface area contributed by atoms with E-state index in [1.807, 2.05) is 12.1 Å². The molecule has 0 atom stereocenters. The van der Waals surface area contributed by atoms with E-state index in [1.54, 1.807) is 6.20 Å². The number of rotatable bonds is 4. The van der Waals surface area contributed by atoms with Crippen LogP contribution in [0.15, 0.2) is 36.9 Å². The zero-order valence-corrected chi connectivity index (χ0v) is 15.9. The number of benzene rings is 1. The maximum absolute atomic E-state index is 12.5. The molecule has 0 bridgehead atoms. The van der Waals surface area contributed by atoms with Crippen LogP contribution < -0.4 is 11.1 Å². The Hall–Kier alpha value is -3.35. The summed E-state index contributed by atoms with van der Waals surface area (Å²) in [7, 11) is 0. The molecule has 142 valence electrons. The number of aromatic amines is 1. The Morgan fingerprint density at radius 2 is 2.14 bits per heavy atom. The molecule has 28 heavy (non-hydrogen) atoms. The van der Waals surface area contributed by atoms with Gasteiger partial charge in [0.25, 0.3) is 5.91 Å². The van der Waals surface area contributed by atoms with Crippen LogP contribution in [0, 0.1) is 0 Å². The van der Waals surface area contributed by atoms with E-state index in [-0.39, 0.29) is 11.9 Å². The number of amides is 1. The number of carbonyl (C=O) groups is 1. The van der Waals surface area contributed by atoms with Gasteiger partial charge < -0.3 is 20.6 Å². The molecule has 1 aromatic carbocycles. The van der Waals surface area contributed by atoms with Crippen LogP contribution in [0.4, 0.5) is 5.82 Å². The molecule has 3 aromatic heterocycles. The number of anilines is 1. The van der Waals surface area contributed by atoms with Crippen molar-refractivity contribution in [2.45, 2.75) is 38.8 Å². The van der Waals surface area contributed by atoms with Crippen LogP contribution in [-0.4, -0.2) is 31.5 Å². The Morgan fingerprint density at radius 1 is 1.32 bits per heavy atom. The van der Waals surface area contributed by atoms with Gasteiger partial charge >= 0.3 is 0 Å². The fraction of sp³-hybridized carbons (Fsp3) is 0.286. The average Bonchev–Trinajstić information content (AvgIpc) is 3.24. The third-order valence-electron chi connectivity index (χ3n) is 5.34. The molecule has 0 unspecified atom stereocenters. The van der Waals surface area contributed by atoms with Crippen LogP contribution >= 0.6 is 0 Å². The molecule has 1 fully saturated rings. The van der Waals surface area contributed by atoms with Crippen molar-refractivity contribution in [3.63, 3.8) is 0 Å². The van der Waals surface area contributed by atoms with Crippen LogP contribution in [0.3, 0.4) is 0 Å². The van der Waals surface area contributed by atoms with E-state index in [1.165, 1.54) is 6.33 Å². The molecule has 0 aliphatic heterocycles. The van der Waals surface area contributed by atoms with Gasteiger partial charge in [0.2, 0.25) is 0 Å². The molecule has 7 nitrogen and oxygen atoms in total. The smallest absolute Gasteiger partial charge is 0.253 e. The van der Waals surface area contributed by atoms with E-state index >= 15 is 0 Å². The fourth-order valence-corrected chi connectivity index (χ4v) is 3.69. The van der Waals surface area contributed by atoms with Gasteiger partial charge in [-0.2, -0.15) is 0 Å². The van der Waals surface area contributed by atoms with Crippen LogP contribution in [0.5, 0.6) is 0 Å². The molecule has 4 N–H and O–H groups in total. The Kier molecular flexibility index (Phi) is 3.65. The topological polar surface area (TPSA) is 102 Å². The number of fused-ring (bicyclic) bond motifs is 2. The maximum Gasteiger partial charge on any atom is 0.253 e. The lowest BCUT2D eigenvalue weighted by Crippen LogP contribution is -2.24. The summed E-state index contributed by atoms with van der Waals surface area (Å²) in [5.41, 5.74) is 10.6. The van der Waals surface area contributed by atoms with Gasteiger partial charge in [0, 0.05) is 40.9 Å². The molecular formula is C21H22N6O. The second-order valence-electron chi connectivity index (χ2n) is 7.71. The van der Waals surface area contributed by atoms with Crippen LogP contribution in [0.2, 0.25) is 0 Å². The van der Waals surface area contributed by atoms with Crippen LogP contribution in [0.1, 0.15) is 43.1 Å². The third-order valence-corrected chi connectivity index (χ3v) is 5.34. The quantitative estimate of drug-likeness (QED) is 0.507. The second kappa shape index (κ2) is 6.09. The molecule has 1 saturated carbocycles. The molecule has 1 amide bonds. The molecule has 7 heteroatoms. The number of hydrogen-bond donors (Lipinski definition) is 3. The first-order valence-electron chi connectivity index (χ1n) is 9.56. The van der Waals surface area contributed by atoms with Crippen LogP contribution in [-0.2, 0) is 0 Å². The number of H-pyrrole nitrogens is 1. The Balaban J connectivity index is 1.63. The average molecular weight is 374 g/mol. The zero-order chi connectivity index (χ0) is 19.4. The van der Waals surface area contributed by atoms with Crippen molar-refractivity contribution in [2.75, 3.05) is 5.73 Å². The summed E-state index contributed by atoms with van der Waals surface area (Å²) < 4.78 is 2.11. The monoisotopic (exact) mass is 374 g/mol. The third kappa shape index (κ3) is 2.62. The maximum atomic E-state index is 12.5. The minimum absolute atomic E-state index is 0.0180. The number of nitrogens with one attached hydrogen (secondary N) is 2. The highest BCUT2D eigenvalue weighted by Gasteiger charge is 2.25. The largest absolute Gasteiger partial charge is 0.383 e. The van der Waals surface area contributed by atoms with E-state index < -0.39 is 0 Å². The molecule has 0 radical (unpaired) electrons. The van der Waals surface area contributed by atoms with Gasteiger partial charge in [-0.05, 0) is 38.3 Å². The van der Waals surface area contributed by atoms with Gasteiger partial charge in [-0.3, -0.25) is 4.79 Å². The number of carbonyl (C=O) groups excluding carboxylic acids is 1.